The second-order valence-electron chi connectivity index (χ2n) is 6.85. The van der Waals surface area contributed by atoms with Crippen LogP contribution in [0.3, 0.4) is 0 Å². The number of para-hydroxylation sites is 1. The maximum atomic E-state index is 10.6. The number of H-pyrrole nitrogens is 2. The Labute approximate surface area is 188 Å². The molecule has 3 rings (SSSR count). The van der Waals surface area contributed by atoms with E-state index in [2.05, 4.69) is 15.0 Å². The molecule has 0 aliphatic carbocycles. The van der Waals surface area contributed by atoms with Gasteiger partial charge in [0.1, 0.15) is 18.1 Å². The standard InChI is InChI=1S/C11H12N2O2.C6H9N3O2.C3H7NO3/c12-9(11(14)15)5-7-6-13-10-4-2-1-3-8(7)10;7-5(6(10)11)1-4-2-8-3-9-4;4-2(1-5)3(6)7/h1-4,6,9,13H,5,12H2,(H,14,15);2-3,5H,1,7H2,(H,8,9)(H,10,11);2,5H,1,4H2,(H,6,7). The first kappa shape index (κ1) is 27.3. The quantitative estimate of drug-likeness (QED) is 0.193. The van der Waals surface area contributed by atoms with E-state index in [1.54, 1.807) is 6.20 Å². The number of imidazole rings is 1. The molecular weight excluding hydrogens is 436 g/mol. The molecule has 0 bridgehead atoms. The molecule has 0 saturated carbocycles. The van der Waals surface area contributed by atoms with Crippen LogP contribution in [0.25, 0.3) is 10.9 Å². The molecular formula is C20H28N6O7. The first-order chi connectivity index (χ1) is 15.6. The summed E-state index contributed by atoms with van der Waals surface area (Å²) in [6.45, 7) is -0.505. The van der Waals surface area contributed by atoms with E-state index in [0.29, 0.717) is 12.1 Å². The maximum Gasteiger partial charge on any atom is 0.322 e. The van der Waals surface area contributed by atoms with Crippen LogP contribution < -0.4 is 17.2 Å². The fourth-order valence-corrected chi connectivity index (χ4v) is 2.42. The summed E-state index contributed by atoms with van der Waals surface area (Å²) < 4.78 is 0. The molecule has 0 aliphatic rings. The number of aliphatic hydroxyl groups is 1. The Morgan fingerprint density at radius 2 is 1.45 bits per heavy atom. The molecule has 0 aliphatic heterocycles. The number of hydrogen-bond donors (Lipinski definition) is 9. The zero-order valence-electron chi connectivity index (χ0n) is 17.6. The van der Waals surface area contributed by atoms with Crippen LogP contribution in [0.2, 0.25) is 0 Å². The number of hydrogen-bond acceptors (Lipinski definition) is 8. The highest BCUT2D eigenvalue weighted by molar-refractivity contribution is 5.84. The number of nitrogens with two attached hydrogens (primary N) is 3. The first-order valence-corrected chi connectivity index (χ1v) is 9.65. The van der Waals surface area contributed by atoms with Crippen molar-refractivity contribution in [3.05, 3.63) is 54.2 Å². The second-order valence-corrected chi connectivity index (χ2v) is 6.85. The molecule has 180 valence electrons. The summed E-state index contributed by atoms with van der Waals surface area (Å²) in [6.07, 6.45) is 5.54. The van der Waals surface area contributed by atoms with E-state index in [9.17, 15) is 14.4 Å². The monoisotopic (exact) mass is 464 g/mol. The van der Waals surface area contributed by atoms with Crippen LogP contribution in [0.5, 0.6) is 0 Å². The topological polar surface area (TPSA) is 255 Å². The van der Waals surface area contributed by atoms with Crippen LogP contribution in [0.1, 0.15) is 11.3 Å². The lowest BCUT2D eigenvalue weighted by Gasteiger charge is -2.04. The predicted molar refractivity (Wildman–Crippen MR) is 118 cm³/mol. The van der Waals surface area contributed by atoms with Gasteiger partial charge in [0.15, 0.2) is 0 Å². The third-order valence-corrected chi connectivity index (χ3v) is 4.25. The largest absolute Gasteiger partial charge is 0.480 e. The minimum atomic E-state index is -1.18. The van der Waals surface area contributed by atoms with Gasteiger partial charge in [-0.25, -0.2) is 4.98 Å². The summed E-state index contributed by atoms with van der Waals surface area (Å²) in [7, 11) is 0. The van der Waals surface area contributed by atoms with Crippen LogP contribution in [-0.4, -0.2) is 78.0 Å². The lowest BCUT2D eigenvalue weighted by molar-refractivity contribution is -0.140. The van der Waals surface area contributed by atoms with Gasteiger partial charge >= 0.3 is 17.9 Å². The highest BCUT2D eigenvalue weighted by Gasteiger charge is 2.14. The molecule has 0 saturated heterocycles. The molecule has 33 heavy (non-hydrogen) atoms. The Hall–Kier alpha value is -3.78. The molecule has 1 aromatic carbocycles. The number of aromatic amines is 2. The molecule has 3 atom stereocenters. The number of nitrogens with one attached hydrogen (secondary N) is 2. The van der Waals surface area contributed by atoms with E-state index in [1.807, 2.05) is 30.5 Å². The number of rotatable bonds is 8. The summed E-state index contributed by atoms with van der Waals surface area (Å²) in [6, 6.07) is 4.93. The smallest absolute Gasteiger partial charge is 0.322 e. The van der Waals surface area contributed by atoms with Crippen molar-refractivity contribution >= 4 is 28.8 Å². The van der Waals surface area contributed by atoms with Crippen molar-refractivity contribution < 1.29 is 34.8 Å². The van der Waals surface area contributed by atoms with Crippen molar-refractivity contribution in [2.45, 2.75) is 31.0 Å². The Morgan fingerprint density at radius 1 is 0.879 bits per heavy atom. The lowest BCUT2D eigenvalue weighted by atomic mass is 10.1. The minimum Gasteiger partial charge on any atom is -0.480 e. The first-order valence-electron chi connectivity index (χ1n) is 9.65. The van der Waals surface area contributed by atoms with E-state index in [-0.39, 0.29) is 6.42 Å². The molecule has 0 radical (unpaired) electrons. The number of fused-ring (bicyclic) bond motifs is 1. The van der Waals surface area contributed by atoms with Crippen LogP contribution in [-0.2, 0) is 27.2 Å². The molecule has 2 aromatic heterocycles. The fraction of sp³-hybridized carbons (Fsp3) is 0.300. The number of aliphatic carboxylic acids is 3. The number of benzene rings is 1. The number of aromatic nitrogens is 3. The van der Waals surface area contributed by atoms with Gasteiger partial charge < -0.3 is 47.6 Å². The molecule has 13 nitrogen and oxygen atoms in total. The zero-order chi connectivity index (χ0) is 25.0. The van der Waals surface area contributed by atoms with E-state index >= 15 is 0 Å². The van der Waals surface area contributed by atoms with Gasteiger partial charge in [-0.1, -0.05) is 18.2 Å². The predicted octanol–water partition coefficient (Wildman–Crippen LogP) is -1.12. The van der Waals surface area contributed by atoms with Gasteiger partial charge in [0.25, 0.3) is 0 Å². The Bertz CT molecular complexity index is 1020. The summed E-state index contributed by atoms with van der Waals surface area (Å²) in [5.74, 6) is -3.16. The SMILES string of the molecule is NC(CO)C(=O)O.NC(Cc1c[nH]c2ccccc12)C(=O)O.NC(Cc1c[nH]cn1)C(=O)O. The van der Waals surface area contributed by atoms with Crippen LogP contribution in [0.15, 0.2) is 43.0 Å². The molecule has 12 N–H and O–H groups in total. The van der Waals surface area contributed by atoms with Gasteiger partial charge in [0.05, 0.1) is 18.6 Å². The van der Waals surface area contributed by atoms with Gasteiger partial charge in [-0.15, -0.1) is 0 Å². The van der Waals surface area contributed by atoms with E-state index < -0.39 is 42.6 Å². The normalized spacial score (nSPS) is 13.0. The Morgan fingerprint density at radius 3 is 1.94 bits per heavy atom. The van der Waals surface area contributed by atoms with Crippen molar-refractivity contribution in [2.24, 2.45) is 17.2 Å². The highest BCUT2D eigenvalue weighted by Crippen LogP contribution is 2.18. The Balaban J connectivity index is 0.000000267. The fourth-order valence-electron chi connectivity index (χ4n) is 2.42. The van der Waals surface area contributed by atoms with Gasteiger partial charge in [-0.3, -0.25) is 14.4 Å². The highest BCUT2D eigenvalue weighted by atomic mass is 16.4. The van der Waals surface area contributed by atoms with Crippen molar-refractivity contribution in [2.75, 3.05) is 6.61 Å². The van der Waals surface area contributed by atoms with Crippen molar-refractivity contribution in [3.8, 4) is 0 Å². The maximum absolute atomic E-state index is 10.6. The summed E-state index contributed by atoms with van der Waals surface area (Å²) >= 11 is 0. The summed E-state index contributed by atoms with van der Waals surface area (Å²) in [5.41, 5.74) is 18.1. The summed E-state index contributed by atoms with van der Waals surface area (Å²) in [4.78, 5) is 40.2. The molecule has 0 spiro atoms. The van der Waals surface area contributed by atoms with E-state index in [1.165, 1.54) is 6.33 Å². The lowest BCUT2D eigenvalue weighted by Crippen LogP contribution is -2.33. The number of nitrogens with zero attached hydrogens (tertiary/aromatic N) is 1. The minimum absolute atomic E-state index is 0.263. The van der Waals surface area contributed by atoms with Gasteiger partial charge in [-0.05, 0) is 11.6 Å². The molecule has 0 fully saturated rings. The molecule has 2 heterocycles. The van der Waals surface area contributed by atoms with Gasteiger partial charge in [-0.2, -0.15) is 0 Å². The van der Waals surface area contributed by atoms with Gasteiger partial charge in [0.2, 0.25) is 0 Å². The molecule has 3 unspecified atom stereocenters. The van der Waals surface area contributed by atoms with Gasteiger partial charge in [0, 0.05) is 36.1 Å². The molecule has 3 aromatic rings. The molecule has 13 heteroatoms. The van der Waals surface area contributed by atoms with Crippen molar-refractivity contribution in [1.82, 2.24) is 15.0 Å². The average molecular weight is 464 g/mol. The number of carbonyl (C=O) groups is 3. The van der Waals surface area contributed by atoms with E-state index in [4.69, 9.17) is 37.6 Å². The third kappa shape index (κ3) is 9.49. The molecule has 0 amide bonds. The van der Waals surface area contributed by atoms with Crippen molar-refractivity contribution in [3.63, 3.8) is 0 Å². The van der Waals surface area contributed by atoms with Crippen LogP contribution in [0, 0.1) is 0 Å². The number of aliphatic hydroxyl groups excluding tert-OH is 1. The Kier molecular flexibility index (Phi) is 11.2. The number of carboxylic acids is 3. The summed E-state index contributed by atoms with van der Waals surface area (Å²) in [5, 5.41) is 34.1. The van der Waals surface area contributed by atoms with Crippen molar-refractivity contribution in [1.29, 1.82) is 0 Å². The third-order valence-electron chi connectivity index (χ3n) is 4.25. The zero-order valence-corrected chi connectivity index (χ0v) is 17.6. The van der Waals surface area contributed by atoms with Crippen LogP contribution >= 0.6 is 0 Å². The van der Waals surface area contributed by atoms with Crippen LogP contribution in [0.4, 0.5) is 0 Å². The van der Waals surface area contributed by atoms with E-state index in [0.717, 1.165) is 16.5 Å². The average Bonchev–Trinajstić information content (AvgIpc) is 3.44. The number of carboxylic acid groups (broad SMARTS) is 3. The second kappa shape index (κ2) is 13.6.